The Hall–Kier alpha value is -3.25. The summed E-state index contributed by atoms with van der Waals surface area (Å²) in [5.41, 5.74) is 1.53. The average molecular weight is 416 g/mol. The highest BCUT2D eigenvalue weighted by Gasteiger charge is 2.32. The molecule has 0 bridgehead atoms. The van der Waals surface area contributed by atoms with Gasteiger partial charge in [0, 0.05) is 12.1 Å². The fraction of sp³-hybridized carbons (Fsp3) is 0.208. The van der Waals surface area contributed by atoms with Crippen molar-refractivity contribution in [1.82, 2.24) is 15.2 Å². The van der Waals surface area contributed by atoms with E-state index in [0.717, 1.165) is 38.8 Å². The van der Waals surface area contributed by atoms with Crippen LogP contribution in [-0.4, -0.2) is 34.8 Å². The summed E-state index contributed by atoms with van der Waals surface area (Å²) in [7, 11) is 0. The van der Waals surface area contributed by atoms with E-state index in [1.807, 2.05) is 59.5 Å². The first-order valence-corrected chi connectivity index (χ1v) is 10.9. The van der Waals surface area contributed by atoms with Gasteiger partial charge in [-0.2, -0.15) is 0 Å². The number of likely N-dealkylation sites (tertiary alicyclic amines) is 1. The largest absolute Gasteiger partial charge is 0.343 e. The molecule has 0 spiro atoms. The number of rotatable bonds is 4. The van der Waals surface area contributed by atoms with Crippen LogP contribution in [0.2, 0.25) is 0 Å². The van der Waals surface area contributed by atoms with E-state index in [1.165, 1.54) is 0 Å². The lowest BCUT2D eigenvalue weighted by Gasteiger charge is -2.23. The van der Waals surface area contributed by atoms with Crippen LogP contribution in [0.3, 0.4) is 0 Å². The van der Waals surface area contributed by atoms with Gasteiger partial charge in [0.2, 0.25) is 5.91 Å². The number of carbonyl (C=O) groups excluding carboxylic acids is 2. The molecule has 0 unspecified atom stereocenters. The number of fused-ring (bicyclic) bond motifs is 2. The standard InChI is InChI=1S/C24H21N3O2S/c28-22(15-25-23(29)18-12-11-16-6-1-2-7-17(16)14-18)27-13-5-9-20(27)24-26-19-8-3-4-10-21(19)30-24/h1-4,6-8,10-12,14,20H,5,9,13,15H2,(H,25,29)/t20-/m0/s1. The van der Waals surface area contributed by atoms with Crippen molar-refractivity contribution in [1.29, 1.82) is 0 Å². The molecule has 5 rings (SSSR count). The minimum atomic E-state index is -0.232. The highest BCUT2D eigenvalue weighted by atomic mass is 32.1. The molecule has 1 fully saturated rings. The van der Waals surface area contributed by atoms with Gasteiger partial charge in [0.1, 0.15) is 5.01 Å². The van der Waals surface area contributed by atoms with Crippen molar-refractivity contribution < 1.29 is 9.59 Å². The van der Waals surface area contributed by atoms with Gasteiger partial charge in [0.15, 0.2) is 0 Å². The lowest BCUT2D eigenvalue weighted by Crippen LogP contribution is -2.39. The van der Waals surface area contributed by atoms with Crippen molar-refractivity contribution in [2.24, 2.45) is 0 Å². The lowest BCUT2D eigenvalue weighted by molar-refractivity contribution is -0.131. The third-order valence-electron chi connectivity index (χ3n) is 5.58. The number of thiazole rings is 1. The monoisotopic (exact) mass is 415 g/mol. The van der Waals surface area contributed by atoms with E-state index in [2.05, 4.69) is 11.4 Å². The first-order valence-electron chi connectivity index (χ1n) is 10.1. The summed E-state index contributed by atoms with van der Waals surface area (Å²) in [4.78, 5) is 32.1. The molecule has 1 N–H and O–H groups in total. The average Bonchev–Trinajstić information content (AvgIpc) is 3.43. The van der Waals surface area contributed by atoms with E-state index in [-0.39, 0.29) is 24.4 Å². The van der Waals surface area contributed by atoms with Crippen LogP contribution in [0.4, 0.5) is 0 Å². The van der Waals surface area contributed by atoms with Crippen molar-refractivity contribution in [3.8, 4) is 0 Å². The van der Waals surface area contributed by atoms with Crippen LogP contribution in [0.1, 0.15) is 34.2 Å². The zero-order chi connectivity index (χ0) is 20.5. The number of nitrogens with one attached hydrogen (secondary N) is 1. The SMILES string of the molecule is O=C(NCC(=O)N1CCC[C@H]1c1nc2ccccc2s1)c1ccc2ccccc2c1. The van der Waals surface area contributed by atoms with Crippen LogP contribution in [0.25, 0.3) is 21.0 Å². The van der Waals surface area contributed by atoms with Gasteiger partial charge in [-0.05, 0) is 47.9 Å². The Morgan fingerprint density at radius 1 is 1.03 bits per heavy atom. The van der Waals surface area contributed by atoms with E-state index in [4.69, 9.17) is 4.98 Å². The van der Waals surface area contributed by atoms with Crippen molar-refractivity contribution in [3.63, 3.8) is 0 Å². The molecular weight excluding hydrogens is 394 g/mol. The highest BCUT2D eigenvalue weighted by molar-refractivity contribution is 7.18. The first kappa shape index (κ1) is 18.8. The summed E-state index contributed by atoms with van der Waals surface area (Å²) in [6.45, 7) is 0.693. The molecule has 1 saturated heterocycles. The fourth-order valence-corrected chi connectivity index (χ4v) is 5.16. The molecule has 3 aromatic carbocycles. The molecule has 1 aromatic heterocycles. The van der Waals surface area contributed by atoms with Gasteiger partial charge in [-0.25, -0.2) is 4.98 Å². The van der Waals surface area contributed by atoms with E-state index in [0.29, 0.717) is 12.1 Å². The quantitative estimate of drug-likeness (QED) is 0.532. The molecule has 1 aliphatic rings. The Kier molecular flexibility index (Phi) is 4.93. The van der Waals surface area contributed by atoms with Crippen LogP contribution in [-0.2, 0) is 4.79 Å². The molecule has 5 nitrogen and oxygen atoms in total. The topological polar surface area (TPSA) is 62.3 Å². The highest BCUT2D eigenvalue weighted by Crippen LogP contribution is 2.36. The van der Waals surface area contributed by atoms with Gasteiger partial charge in [-0.1, -0.05) is 42.5 Å². The van der Waals surface area contributed by atoms with Gasteiger partial charge in [-0.3, -0.25) is 9.59 Å². The number of hydrogen-bond donors (Lipinski definition) is 1. The summed E-state index contributed by atoms with van der Waals surface area (Å²) >= 11 is 1.65. The Balaban J connectivity index is 1.27. The van der Waals surface area contributed by atoms with Gasteiger partial charge in [-0.15, -0.1) is 11.3 Å². The van der Waals surface area contributed by atoms with Crippen molar-refractivity contribution >= 4 is 44.1 Å². The second-order valence-corrected chi connectivity index (χ2v) is 8.57. The number of amides is 2. The molecule has 0 radical (unpaired) electrons. The number of para-hydroxylation sites is 1. The summed E-state index contributed by atoms with van der Waals surface area (Å²) in [6, 6.07) is 21.5. The minimum Gasteiger partial charge on any atom is -0.343 e. The number of aromatic nitrogens is 1. The Morgan fingerprint density at radius 2 is 1.83 bits per heavy atom. The van der Waals surface area contributed by atoms with Gasteiger partial charge in [0.25, 0.3) is 5.91 Å². The summed E-state index contributed by atoms with van der Waals surface area (Å²) in [5, 5.41) is 5.86. The molecule has 1 aliphatic heterocycles. The molecule has 30 heavy (non-hydrogen) atoms. The summed E-state index contributed by atoms with van der Waals surface area (Å²) in [6.07, 6.45) is 1.86. The van der Waals surface area contributed by atoms with Gasteiger partial charge < -0.3 is 10.2 Å². The van der Waals surface area contributed by atoms with Gasteiger partial charge >= 0.3 is 0 Å². The smallest absolute Gasteiger partial charge is 0.251 e. The van der Waals surface area contributed by atoms with Gasteiger partial charge in [0.05, 0.1) is 22.8 Å². The normalized spacial score (nSPS) is 16.3. The number of hydrogen-bond acceptors (Lipinski definition) is 4. The molecular formula is C24H21N3O2S. The first-order chi connectivity index (χ1) is 14.7. The van der Waals surface area contributed by atoms with E-state index >= 15 is 0 Å². The molecule has 2 amide bonds. The zero-order valence-electron chi connectivity index (χ0n) is 16.4. The fourth-order valence-electron chi connectivity index (χ4n) is 4.04. The molecule has 4 aromatic rings. The Bertz CT molecular complexity index is 1220. The van der Waals surface area contributed by atoms with Crippen LogP contribution in [0, 0.1) is 0 Å². The third-order valence-corrected chi connectivity index (χ3v) is 6.72. The number of nitrogens with zero attached hydrogens (tertiary/aromatic N) is 2. The van der Waals surface area contributed by atoms with Crippen molar-refractivity contribution in [2.45, 2.75) is 18.9 Å². The zero-order valence-corrected chi connectivity index (χ0v) is 17.2. The molecule has 150 valence electrons. The molecule has 0 saturated carbocycles. The lowest BCUT2D eigenvalue weighted by atomic mass is 10.1. The van der Waals surface area contributed by atoms with Crippen LogP contribution in [0.15, 0.2) is 66.7 Å². The van der Waals surface area contributed by atoms with E-state index in [9.17, 15) is 9.59 Å². The van der Waals surface area contributed by atoms with Crippen LogP contribution in [0.5, 0.6) is 0 Å². The Labute approximate surface area is 178 Å². The molecule has 6 heteroatoms. The second kappa shape index (κ2) is 7.88. The number of carbonyl (C=O) groups is 2. The van der Waals surface area contributed by atoms with Crippen molar-refractivity contribution in [2.75, 3.05) is 13.1 Å². The third kappa shape index (κ3) is 3.55. The van der Waals surface area contributed by atoms with Crippen LogP contribution >= 0.6 is 11.3 Å². The summed E-state index contributed by atoms with van der Waals surface area (Å²) in [5.74, 6) is -0.296. The second-order valence-electron chi connectivity index (χ2n) is 7.51. The Morgan fingerprint density at radius 3 is 2.70 bits per heavy atom. The van der Waals surface area contributed by atoms with E-state index in [1.54, 1.807) is 17.4 Å². The summed E-state index contributed by atoms with van der Waals surface area (Å²) < 4.78 is 1.14. The number of benzene rings is 3. The predicted octanol–water partition coefficient (Wildman–Crippen LogP) is 4.54. The van der Waals surface area contributed by atoms with E-state index < -0.39 is 0 Å². The molecule has 0 aliphatic carbocycles. The maximum Gasteiger partial charge on any atom is 0.251 e. The molecule has 2 heterocycles. The van der Waals surface area contributed by atoms with Crippen LogP contribution < -0.4 is 5.32 Å². The minimum absolute atomic E-state index is 0.00689. The van der Waals surface area contributed by atoms with Crippen molar-refractivity contribution in [3.05, 3.63) is 77.3 Å². The predicted molar refractivity (Wildman–Crippen MR) is 120 cm³/mol. The molecule has 1 atom stereocenters. The maximum absolute atomic E-state index is 12.9. The maximum atomic E-state index is 12.9.